The zero-order chi connectivity index (χ0) is 16.6. The zero-order valence-corrected chi connectivity index (χ0v) is 14.1. The van der Waals surface area contributed by atoms with Crippen molar-refractivity contribution in [2.24, 2.45) is 11.8 Å². The first-order chi connectivity index (χ1) is 12.9. The first-order valence-electron chi connectivity index (χ1n) is 9.46. The van der Waals surface area contributed by atoms with Crippen LogP contribution in [0.4, 0.5) is 0 Å². The van der Waals surface area contributed by atoms with Gasteiger partial charge in [0, 0.05) is 11.8 Å². The fraction of sp³-hybridized carbons (Fsp3) is 0.0769. The minimum atomic E-state index is 0.431. The van der Waals surface area contributed by atoms with Gasteiger partial charge in [-0.2, -0.15) is 0 Å². The second kappa shape index (κ2) is 3.68. The Morgan fingerprint density at radius 2 is 1.08 bits per heavy atom. The van der Waals surface area contributed by atoms with Gasteiger partial charge in [-0.05, 0) is 65.4 Å². The highest BCUT2D eigenvalue weighted by atomic mass is 14.5. The lowest BCUT2D eigenvalue weighted by Crippen LogP contribution is -2.37. The Morgan fingerprint density at radius 1 is 0.577 bits per heavy atom. The van der Waals surface area contributed by atoms with Gasteiger partial charge in [0.25, 0.3) is 0 Å². The SMILES string of the molecule is C1=CC2=c3cccc4c3=C3C5=c6c(cccc6=C6C=CC=C4C65)C(=C1)C23. The van der Waals surface area contributed by atoms with Gasteiger partial charge in [0.15, 0.2) is 0 Å². The summed E-state index contributed by atoms with van der Waals surface area (Å²) in [5.41, 5.74) is 12.1. The molecule has 0 fully saturated rings. The summed E-state index contributed by atoms with van der Waals surface area (Å²) in [5, 5.41) is 5.93. The van der Waals surface area contributed by atoms with Gasteiger partial charge < -0.3 is 0 Å². The van der Waals surface area contributed by atoms with Crippen molar-refractivity contribution in [3.63, 3.8) is 0 Å². The van der Waals surface area contributed by atoms with E-state index in [0.29, 0.717) is 11.8 Å². The maximum atomic E-state index is 2.35. The van der Waals surface area contributed by atoms with Crippen molar-refractivity contribution in [2.75, 3.05) is 0 Å². The predicted octanol–water partition coefficient (Wildman–Crippen LogP) is 2.18. The maximum Gasteiger partial charge on any atom is 0.0361 e. The number of rotatable bonds is 0. The van der Waals surface area contributed by atoms with Gasteiger partial charge in [-0.25, -0.2) is 0 Å². The largest absolute Gasteiger partial charge is 0.0616 e. The lowest BCUT2D eigenvalue weighted by atomic mass is 9.66. The summed E-state index contributed by atoms with van der Waals surface area (Å²) in [7, 11) is 0. The molecule has 2 aromatic rings. The Kier molecular flexibility index (Phi) is 1.74. The average Bonchev–Trinajstić information content (AvgIpc) is 3.21. The summed E-state index contributed by atoms with van der Waals surface area (Å²) >= 11 is 0. The molecule has 0 radical (unpaired) electrons. The van der Waals surface area contributed by atoms with E-state index in [9.17, 15) is 0 Å². The number of allylic oxidation sites excluding steroid dienone is 8. The van der Waals surface area contributed by atoms with E-state index in [-0.39, 0.29) is 0 Å². The minimum Gasteiger partial charge on any atom is -0.0616 e. The van der Waals surface area contributed by atoms with E-state index in [4.69, 9.17) is 0 Å². The molecule has 0 amide bonds. The highest BCUT2D eigenvalue weighted by molar-refractivity contribution is 6.18. The summed E-state index contributed by atoms with van der Waals surface area (Å²) in [4.78, 5) is 0. The van der Waals surface area contributed by atoms with Crippen LogP contribution in [-0.2, 0) is 0 Å². The highest BCUT2D eigenvalue weighted by Crippen LogP contribution is 2.54. The van der Waals surface area contributed by atoms with Crippen LogP contribution in [0.1, 0.15) is 11.1 Å². The standard InChI is InChI=1S/C26H14/c1-5-13-14-6-2-11-19-20-12-4-8-16-15-7-3-10-18-17(9-1)21(13)25(22(14)19)26(23(15)18)24(16)20/h1-12,21,24H. The second-order valence-corrected chi connectivity index (χ2v) is 8.02. The molecule has 8 rings (SSSR count). The van der Waals surface area contributed by atoms with E-state index in [1.165, 1.54) is 54.3 Å². The summed E-state index contributed by atoms with van der Waals surface area (Å²) in [5.74, 6) is 0.862. The normalized spacial score (nSPS) is 26.3. The molecule has 0 bridgehead atoms. The molecule has 0 saturated heterocycles. The van der Waals surface area contributed by atoms with E-state index < -0.39 is 0 Å². The molecule has 6 aliphatic rings. The van der Waals surface area contributed by atoms with Crippen molar-refractivity contribution in [1.29, 1.82) is 0 Å². The molecular weight excluding hydrogens is 312 g/mol. The molecule has 0 heteroatoms. The number of benzene rings is 2. The molecule has 0 nitrogen and oxygen atoms in total. The van der Waals surface area contributed by atoms with E-state index in [0.717, 1.165) is 0 Å². The molecule has 118 valence electrons. The molecule has 2 unspecified atom stereocenters. The fourth-order valence-corrected chi connectivity index (χ4v) is 6.35. The first kappa shape index (κ1) is 12.3. The monoisotopic (exact) mass is 326 g/mol. The van der Waals surface area contributed by atoms with Crippen LogP contribution in [0.15, 0.2) is 72.9 Å². The first-order valence-corrected chi connectivity index (χ1v) is 9.46. The Morgan fingerprint density at radius 3 is 1.58 bits per heavy atom. The maximum absolute atomic E-state index is 2.35. The number of hydrogen-bond acceptors (Lipinski definition) is 0. The summed E-state index contributed by atoms with van der Waals surface area (Å²) in [6.07, 6.45) is 13.9. The summed E-state index contributed by atoms with van der Waals surface area (Å²) in [6.45, 7) is 0. The average molecular weight is 326 g/mol. The molecule has 6 aliphatic carbocycles. The van der Waals surface area contributed by atoms with E-state index in [2.05, 4.69) is 72.9 Å². The smallest absolute Gasteiger partial charge is 0.0361 e. The van der Waals surface area contributed by atoms with Crippen molar-refractivity contribution in [2.45, 2.75) is 0 Å². The molecule has 0 aromatic heterocycles. The molecule has 0 saturated carbocycles. The molecule has 26 heavy (non-hydrogen) atoms. The number of hydrogen-bond donors (Lipinski definition) is 0. The predicted molar refractivity (Wildman–Crippen MR) is 106 cm³/mol. The molecule has 0 heterocycles. The van der Waals surface area contributed by atoms with Gasteiger partial charge in [-0.3, -0.25) is 0 Å². The zero-order valence-electron chi connectivity index (χ0n) is 14.1. The Labute approximate surface area is 150 Å². The molecule has 0 spiro atoms. The van der Waals surface area contributed by atoms with Crippen molar-refractivity contribution in [3.05, 3.63) is 105 Å². The third kappa shape index (κ3) is 1.04. The van der Waals surface area contributed by atoms with Crippen molar-refractivity contribution in [1.82, 2.24) is 0 Å². The van der Waals surface area contributed by atoms with Gasteiger partial charge in [0.2, 0.25) is 0 Å². The van der Waals surface area contributed by atoms with Crippen LogP contribution < -0.4 is 20.9 Å². The van der Waals surface area contributed by atoms with E-state index in [1.807, 2.05) is 0 Å². The Balaban J connectivity index is 1.82. The van der Waals surface area contributed by atoms with Gasteiger partial charge in [-0.15, -0.1) is 0 Å². The Bertz CT molecular complexity index is 1400. The van der Waals surface area contributed by atoms with E-state index >= 15 is 0 Å². The fourth-order valence-electron chi connectivity index (χ4n) is 6.35. The molecule has 0 N–H and O–H groups in total. The lowest BCUT2D eigenvalue weighted by Gasteiger charge is -2.36. The van der Waals surface area contributed by atoms with Crippen LogP contribution in [0.3, 0.4) is 0 Å². The van der Waals surface area contributed by atoms with Gasteiger partial charge in [0.05, 0.1) is 0 Å². The van der Waals surface area contributed by atoms with Crippen LogP contribution in [0.5, 0.6) is 0 Å². The van der Waals surface area contributed by atoms with Crippen molar-refractivity contribution in [3.8, 4) is 0 Å². The molecule has 2 atom stereocenters. The molecule has 0 aliphatic heterocycles. The van der Waals surface area contributed by atoms with Crippen LogP contribution in [-0.4, -0.2) is 0 Å². The van der Waals surface area contributed by atoms with E-state index in [1.54, 1.807) is 11.1 Å². The third-order valence-corrected chi connectivity index (χ3v) is 7.13. The van der Waals surface area contributed by atoms with Crippen molar-refractivity contribution >= 4 is 33.4 Å². The van der Waals surface area contributed by atoms with Crippen molar-refractivity contribution < 1.29 is 0 Å². The van der Waals surface area contributed by atoms with Gasteiger partial charge >= 0.3 is 0 Å². The van der Waals surface area contributed by atoms with Crippen LogP contribution in [0.25, 0.3) is 33.4 Å². The number of fused-ring (bicyclic) bond motifs is 2. The minimum absolute atomic E-state index is 0.431. The topological polar surface area (TPSA) is 0 Å². The molecule has 2 aromatic carbocycles. The quantitative estimate of drug-likeness (QED) is 0.696. The summed E-state index contributed by atoms with van der Waals surface area (Å²) in [6, 6.07) is 13.8. The van der Waals surface area contributed by atoms with Crippen LogP contribution in [0.2, 0.25) is 0 Å². The third-order valence-electron chi connectivity index (χ3n) is 7.13. The highest BCUT2D eigenvalue weighted by Gasteiger charge is 2.45. The Hall–Kier alpha value is -3.12. The summed E-state index contributed by atoms with van der Waals surface area (Å²) < 4.78 is 0. The lowest BCUT2D eigenvalue weighted by molar-refractivity contribution is 1.07. The van der Waals surface area contributed by atoms with Crippen LogP contribution in [0, 0.1) is 11.8 Å². The van der Waals surface area contributed by atoms with Gasteiger partial charge in [-0.1, -0.05) is 72.9 Å². The molecular formula is C26H14. The van der Waals surface area contributed by atoms with Gasteiger partial charge in [0.1, 0.15) is 0 Å². The second-order valence-electron chi connectivity index (χ2n) is 8.02. The van der Waals surface area contributed by atoms with Crippen LogP contribution >= 0.6 is 0 Å².